The van der Waals surface area contributed by atoms with Gasteiger partial charge in [0.05, 0.1) is 16.3 Å². The Morgan fingerprint density at radius 1 is 1.35 bits per heavy atom. The first-order valence-corrected chi connectivity index (χ1v) is 8.71. The molecule has 4 N–H and O–H groups in total. The number of amides is 1. The normalized spacial score (nSPS) is 20.7. The number of carbonyl (C=O) groups is 1. The fourth-order valence-corrected chi connectivity index (χ4v) is 3.94. The first-order chi connectivity index (χ1) is 11.0. The average molecular weight is 330 g/mol. The molecule has 2 atom stereocenters. The van der Waals surface area contributed by atoms with Crippen molar-refractivity contribution in [3.8, 4) is 0 Å². The highest BCUT2D eigenvalue weighted by atomic mass is 32.2. The van der Waals surface area contributed by atoms with Gasteiger partial charge < -0.3 is 11.1 Å². The van der Waals surface area contributed by atoms with Gasteiger partial charge in [0.25, 0.3) is 0 Å². The van der Waals surface area contributed by atoms with E-state index in [4.69, 9.17) is 5.73 Å². The number of nitrogens with one attached hydrogen (secondary N) is 2. The van der Waals surface area contributed by atoms with Crippen LogP contribution in [0.4, 0.5) is 5.69 Å². The number of aryl methyl sites for hydroxylation is 2. The largest absolute Gasteiger partial charge is 0.328 e. The molecule has 0 saturated heterocycles. The zero-order valence-corrected chi connectivity index (χ0v) is 14.2. The van der Waals surface area contributed by atoms with E-state index >= 15 is 0 Å². The minimum atomic E-state index is 0.0282. The second-order valence-corrected chi connectivity index (χ2v) is 7.17. The molecule has 0 radical (unpaired) electrons. The maximum atomic E-state index is 12.5. The third kappa shape index (κ3) is 3.59. The molecular formula is C17H22N4OS. The van der Waals surface area contributed by atoms with Gasteiger partial charge >= 0.3 is 0 Å². The molecule has 1 aromatic carbocycles. The Morgan fingerprint density at radius 3 is 2.78 bits per heavy atom. The van der Waals surface area contributed by atoms with Crippen molar-refractivity contribution in [3.63, 3.8) is 0 Å². The molecule has 1 aliphatic rings. The van der Waals surface area contributed by atoms with E-state index in [0.717, 1.165) is 46.1 Å². The van der Waals surface area contributed by atoms with Crippen molar-refractivity contribution >= 4 is 23.4 Å². The lowest BCUT2D eigenvalue weighted by atomic mass is 10.1. The molecule has 3 rings (SSSR count). The van der Waals surface area contributed by atoms with Crippen molar-refractivity contribution in [2.24, 2.45) is 11.7 Å². The second kappa shape index (κ2) is 6.76. The monoisotopic (exact) mass is 330 g/mol. The number of benzene rings is 1. The molecule has 0 unspecified atom stereocenters. The summed E-state index contributed by atoms with van der Waals surface area (Å²) in [6, 6.07) is 8.04. The summed E-state index contributed by atoms with van der Waals surface area (Å²) >= 11 is 1.63. The van der Waals surface area contributed by atoms with Crippen LogP contribution < -0.4 is 11.1 Å². The second-order valence-electron chi connectivity index (χ2n) is 6.12. The highest BCUT2D eigenvalue weighted by molar-refractivity contribution is 7.99. The van der Waals surface area contributed by atoms with Gasteiger partial charge in [-0.25, -0.2) is 0 Å². The zero-order valence-electron chi connectivity index (χ0n) is 13.4. The Bertz CT molecular complexity index is 693. The van der Waals surface area contributed by atoms with Gasteiger partial charge in [-0.3, -0.25) is 9.89 Å². The zero-order chi connectivity index (χ0) is 16.4. The highest BCUT2D eigenvalue weighted by Gasteiger charge is 2.28. The van der Waals surface area contributed by atoms with Crippen molar-refractivity contribution in [3.05, 3.63) is 35.7 Å². The SMILES string of the molecule is Cc1n[nH]c(C)c1Sc1ccccc1NC(=O)[C@H]1CC[C@@H](N)C1. The minimum Gasteiger partial charge on any atom is -0.328 e. The molecule has 23 heavy (non-hydrogen) atoms. The fourth-order valence-electron chi connectivity index (χ4n) is 2.95. The lowest BCUT2D eigenvalue weighted by Gasteiger charge is -2.14. The summed E-state index contributed by atoms with van der Waals surface area (Å²) in [7, 11) is 0. The molecule has 6 heteroatoms. The minimum absolute atomic E-state index is 0.0282. The predicted octanol–water partition coefficient (Wildman–Crippen LogP) is 3.24. The number of carbonyl (C=O) groups excluding carboxylic acids is 1. The van der Waals surface area contributed by atoms with Gasteiger partial charge in [-0.2, -0.15) is 5.10 Å². The number of para-hydroxylation sites is 1. The Kier molecular flexibility index (Phi) is 4.73. The standard InChI is InChI=1S/C17H22N4OS/c1-10-16(11(2)21-20-10)23-15-6-4-3-5-14(15)19-17(22)12-7-8-13(18)9-12/h3-6,12-13H,7-9,18H2,1-2H3,(H,19,22)(H,20,21)/t12-,13+/m0/s1. The number of nitrogens with two attached hydrogens (primary N) is 1. The lowest BCUT2D eigenvalue weighted by molar-refractivity contribution is -0.119. The number of aromatic amines is 1. The maximum absolute atomic E-state index is 12.5. The third-order valence-corrected chi connectivity index (χ3v) is 5.64. The number of H-pyrrole nitrogens is 1. The van der Waals surface area contributed by atoms with Crippen LogP contribution >= 0.6 is 11.8 Å². The van der Waals surface area contributed by atoms with E-state index in [1.54, 1.807) is 11.8 Å². The molecule has 1 heterocycles. The number of rotatable bonds is 4. The Hall–Kier alpha value is -1.79. The molecule has 1 amide bonds. The smallest absolute Gasteiger partial charge is 0.227 e. The van der Waals surface area contributed by atoms with Crippen molar-refractivity contribution in [2.75, 3.05) is 5.32 Å². The van der Waals surface area contributed by atoms with E-state index in [2.05, 4.69) is 15.5 Å². The van der Waals surface area contributed by atoms with Gasteiger partial charge in [-0.1, -0.05) is 23.9 Å². The van der Waals surface area contributed by atoms with E-state index in [0.29, 0.717) is 0 Å². The lowest BCUT2D eigenvalue weighted by Crippen LogP contribution is -2.23. The predicted molar refractivity (Wildman–Crippen MR) is 92.6 cm³/mol. The average Bonchev–Trinajstić information content (AvgIpc) is 3.10. The van der Waals surface area contributed by atoms with Gasteiger partial charge in [0.2, 0.25) is 5.91 Å². The van der Waals surface area contributed by atoms with Gasteiger partial charge in [-0.15, -0.1) is 0 Å². The molecule has 5 nitrogen and oxygen atoms in total. The van der Waals surface area contributed by atoms with Gasteiger partial charge in [-0.05, 0) is 45.2 Å². The maximum Gasteiger partial charge on any atom is 0.227 e. The van der Waals surface area contributed by atoms with Crippen LogP contribution in [0.15, 0.2) is 34.1 Å². The summed E-state index contributed by atoms with van der Waals surface area (Å²) in [6.45, 7) is 3.98. The number of nitrogens with zero attached hydrogens (tertiary/aromatic N) is 1. The molecule has 0 aliphatic heterocycles. The molecule has 1 saturated carbocycles. The Morgan fingerprint density at radius 2 is 2.13 bits per heavy atom. The van der Waals surface area contributed by atoms with Crippen LogP contribution in [0.3, 0.4) is 0 Å². The Labute approximate surface area is 140 Å². The first-order valence-electron chi connectivity index (χ1n) is 7.89. The van der Waals surface area contributed by atoms with Crippen LogP contribution in [0, 0.1) is 19.8 Å². The molecule has 0 bridgehead atoms. The molecule has 1 fully saturated rings. The first kappa shape index (κ1) is 16.1. The summed E-state index contributed by atoms with van der Waals surface area (Å²) in [5, 5.41) is 10.3. The van der Waals surface area contributed by atoms with Gasteiger partial charge in [0.15, 0.2) is 0 Å². The number of hydrogen-bond donors (Lipinski definition) is 3. The van der Waals surface area contributed by atoms with E-state index in [1.165, 1.54) is 0 Å². The molecule has 1 aliphatic carbocycles. The summed E-state index contributed by atoms with van der Waals surface area (Å²) in [5.74, 6) is 0.104. The topological polar surface area (TPSA) is 83.8 Å². The van der Waals surface area contributed by atoms with E-state index in [9.17, 15) is 4.79 Å². The van der Waals surface area contributed by atoms with E-state index < -0.39 is 0 Å². The van der Waals surface area contributed by atoms with E-state index in [-0.39, 0.29) is 17.9 Å². The van der Waals surface area contributed by atoms with Crippen molar-refractivity contribution < 1.29 is 4.79 Å². The van der Waals surface area contributed by atoms with Gasteiger partial charge in [0.1, 0.15) is 0 Å². The van der Waals surface area contributed by atoms with Crippen LogP contribution in [0.25, 0.3) is 0 Å². The number of anilines is 1. The molecule has 1 aromatic heterocycles. The summed E-state index contributed by atoms with van der Waals surface area (Å²) < 4.78 is 0. The number of aromatic nitrogens is 2. The van der Waals surface area contributed by atoms with Crippen LogP contribution in [0.1, 0.15) is 30.7 Å². The number of hydrogen-bond acceptors (Lipinski definition) is 4. The van der Waals surface area contributed by atoms with Gasteiger partial charge in [0, 0.05) is 22.5 Å². The summed E-state index contributed by atoms with van der Waals surface area (Å²) in [5.41, 5.74) is 8.77. The van der Waals surface area contributed by atoms with Crippen molar-refractivity contribution in [2.45, 2.75) is 48.9 Å². The molecule has 122 valence electrons. The summed E-state index contributed by atoms with van der Waals surface area (Å²) in [6.07, 6.45) is 2.59. The van der Waals surface area contributed by atoms with Crippen LogP contribution in [0.5, 0.6) is 0 Å². The molecular weight excluding hydrogens is 308 g/mol. The highest BCUT2D eigenvalue weighted by Crippen LogP contribution is 2.36. The molecule has 0 spiro atoms. The van der Waals surface area contributed by atoms with Crippen LogP contribution in [0.2, 0.25) is 0 Å². The molecule has 2 aromatic rings. The van der Waals surface area contributed by atoms with Crippen LogP contribution in [-0.4, -0.2) is 22.1 Å². The summed E-state index contributed by atoms with van der Waals surface area (Å²) in [4.78, 5) is 14.6. The fraction of sp³-hybridized carbons (Fsp3) is 0.412. The van der Waals surface area contributed by atoms with E-state index in [1.807, 2.05) is 38.1 Å². The van der Waals surface area contributed by atoms with Crippen molar-refractivity contribution in [1.82, 2.24) is 10.2 Å². The Balaban J connectivity index is 1.77. The quantitative estimate of drug-likeness (QED) is 0.803. The van der Waals surface area contributed by atoms with Crippen molar-refractivity contribution in [1.29, 1.82) is 0 Å². The third-order valence-electron chi connectivity index (χ3n) is 4.26. The van der Waals surface area contributed by atoms with Crippen LogP contribution in [-0.2, 0) is 4.79 Å².